The second-order valence-electron chi connectivity index (χ2n) is 4.56. The van der Waals surface area contributed by atoms with Crippen LogP contribution in [0.5, 0.6) is 0 Å². The minimum Gasteiger partial charge on any atom is -0.397 e. The first-order valence-corrected chi connectivity index (χ1v) is 8.20. The molecule has 96 valence electrons. The first kappa shape index (κ1) is 12.1. The Bertz CT molecular complexity index is 557. The molecule has 0 unspecified atom stereocenters. The Labute approximate surface area is 115 Å². The summed E-state index contributed by atoms with van der Waals surface area (Å²) < 4.78 is 1.19. The normalized spacial score (nSPS) is 17.1. The summed E-state index contributed by atoms with van der Waals surface area (Å²) in [4.78, 5) is 6.97. The van der Waals surface area contributed by atoms with Crippen LogP contribution in [0, 0.1) is 6.92 Å². The average molecular weight is 279 g/mol. The fourth-order valence-corrected chi connectivity index (χ4v) is 4.10. The molecule has 3 nitrogen and oxygen atoms in total. The fourth-order valence-electron chi connectivity index (χ4n) is 2.35. The number of nitrogens with zero attached hydrogens (tertiary/aromatic N) is 2. The van der Waals surface area contributed by atoms with Crippen molar-refractivity contribution >= 4 is 44.7 Å². The molecule has 3 rings (SSSR count). The van der Waals surface area contributed by atoms with E-state index in [4.69, 9.17) is 5.73 Å². The van der Waals surface area contributed by atoms with Gasteiger partial charge >= 0.3 is 0 Å². The van der Waals surface area contributed by atoms with Gasteiger partial charge in [-0.25, -0.2) is 4.98 Å². The van der Waals surface area contributed by atoms with Gasteiger partial charge in [-0.05, 0) is 31.2 Å². The van der Waals surface area contributed by atoms with E-state index in [2.05, 4.69) is 22.0 Å². The number of fused-ring (bicyclic) bond motifs is 1. The molecule has 1 aliphatic heterocycles. The Morgan fingerprint density at radius 3 is 3.06 bits per heavy atom. The highest BCUT2D eigenvalue weighted by atomic mass is 32.2. The predicted molar refractivity (Wildman–Crippen MR) is 82.9 cm³/mol. The second kappa shape index (κ2) is 4.97. The first-order valence-electron chi connectivity index (χ1n) is 6.23. The number of benzene rings is 1. The Balaban J connectivity index is 2.01. The van der Waals surface area contributed by atoms with Crippen LogP contribution in [0.4, 0.5) is 11.4 Å². The summed E-state index contributed by atoms with van der Waals surface area (Å²) >= 11 is 3.74. The molecule has 0 aliphatic carbocycles. The van der Waals surface area contributed by atoms with E-state index in [1.807, 2.05) is 18.7 Å². The van der Waals surface area contributed by atoms with Crippen molar-refractivity contribution in [2.75, 3.05) is 35.2 Å². The summed E-state index contributed by atoms with van der Waals surface area (Å²) in [6, 6.07) is 4.23. The summed E-state index contributed by atoms with van der Waals surface area (Å²) in [5.74, 6) is 2.45. The van der Waals surface area contributed by atoms with Gasteiger partial charge in [0.2, 0.25) is 0 Å². The van der Waals surface area contributed by atoms with Crippen molar-refractivity contribution in [2.45, 2.75) is 13.3 Å². The quantitative estimate of drug-likeness (QED) is 0.814. The molecule has 0 bridgehead atoms. The molecule has 0 atom stereocenters. The van der Waals surface area contributed by atoms with E-state index in [0.717, 1.165) is 35.0 Å². The summed E-state index contributed by atoms with van der Waals surface area (Å²) in [5.41, 5.74) is 9.34. The Morgan fingerprint density at radius 1 is 1.28 bits per heavy atom. The largest absolute Gasteiger partial charge is 0.397 e. The third kappa shape index (κ3) is 2.29. The summed E-state index contributed by atoms with van der Waals surface area (Å²) in [6.07, 6.45) is 1.23. The van der Waals surface area contributed by atoms with Crippen LogP contribution in [0.1, 0.15) is 11.4 Å². The molecular formula is C13H17N3S2. The van der Waals surface area contributed by atoms with Crippen molar-refractivity contribution in [1.82, 2.24) is 4.98 Å². The zero-order valence-corrected chi connectivity index (χ0v) is 12.1. The number of aryl methyl sites for hydroxylation is 1. The van der Waals surface area contributed by atoms with Gasteiger partial charge in [-0.3, -0.25) is 0 Å². The van der Waals surface area contributed by atoms with E-state index in [1.165, 1.54) is 22.6 Å². The van der Waals surface area contributed by atoms with Crippen LogP contribution in [-0.4, -0.2) is 29.6 Å². The number of rotatable bonds is 1. The van der Waals surface area contributed by atoms with E-state index >= 15 is 0 Å². The van der Waals surface area contributed by atoms with Gasteiger partial charge in [0.05, 0.1) is 26.6 Å². The zero-order valence-electron chi connectivity index (χ0n) is 10.5. The molecule has 2 N–H and O–H groups in total. The Hall–Kier alpha value is -0.940. The van der Waals surface area contributed by atoms with Gasteiger partial charge in [-0.1, -0.05) is 0 Å². The van der Waals surface area contributed by atoms with Gasteiger partial charge in [-0.15, -0.1) is 11.3 Å². The monoisotopic (exact) mass is 279 g/mol. The minimum absolute atomic E-state index is 0.887. The average Bonchev–Trinajstić information content (AvgIpc) is 2.55. The molecule has 2 heterocycles. The van der Waals surface area contributed by atoms with Crippen molar-refractivity contribution in [3.63, 3.8) is 0 Å². The molecule has 1 aromatic carbocycles. The molecule has 0 spiro atoms. The minimum atomic E-state index is 0.887. The van der Waals surface area contributed by atoms with Crippen LogP contribution in [0.3, 0.4) is 0 Å². The molecule has 0 saturated carbocycles. The maximum atomic E-state index is 6.21. The Morgan fingerprint density at radius 2 is 2.17 bits per heavy atom. The van der Waals surface area contributed by atoms with Crippen molar-refractivity contribution in [1.29, 1.82) is 0 Å². The Kier molecular flexibility index (Phi) is 3.35. The number of hydrogen-bond donors (Lipinski definition) is 1. The van der Waals surface area contributed by atoms with Gasteiger partial charge in [0, 0.05) is 18.8 Å². The van der Waals surface area contributed by atoms with Gasteiger partial charge < -0.3 is 10.6 Å². The second-order valence-corrected chi connectivity index (χ2v) is 7.02. The van der Waals surface area contributed by atoms with E-state index in [-0.39, 0.29) is 0 Å². The van der Waals surface area contributed by atoms with Crippen LogP contribution in [0.15, 0.2) is 12.1 Å². The number of hydrogen-bond acceptors (Lipinski definition) is 5. The highest BCUT2D eigenvalue weighted by molar-refractivity contribution is 7.99. The topological polar surface area (TPSA) is 42.2 Å². The summed E-state index contributed by atoms with van der Waals surface area (Å²) in [6.45, 7) is 4.23. The third-order valence-electron chi connectivity index (χ3n) is 3.21. The molecule has 1 aliphatic rings. The molecule has 0 radical (unpaired) electrons. The van der Waals surface area contributed by atoms with E-state index in [1.54, 1.807) is 11.3 Å². The number of anilines is 2. The SMILES string of the molecule is Cc1nc2cc(N3CCCSCC3)c(N)cc2s1. The number of nitrogen functional groups attached to an aromatic ring is 1. The molecule has 5 heteroatoms. The number of thioether (sulfide) groups is 1. The summed E-state index contributed by atoms with van der Waals surface area (Å²) in [7, 11) is 0. The maximum Gasteiger partial charge on any atom is 0.0907 e. The van der Waals surface area contributed by atoms with Crippen molar-refractivity contribution in [3.05, 3.63) is 17.1 Å². The highest BCUT2D eigenvalue weighted by Crippen LogP contribution is 2.32. The van der Waals surface area contributed by atoms with Crippen LogP contribution >= 0.6 is 23.1 Å². The smallest absolute Gasteiger partial charge is 0.0907 e. The van der Waals surface area contributed by atoms with E-state index in [0.29, 0.717) is 0 Å². The van der Waals surface area contributed by atoms with Crippen LogP contribution < -0.4 is 10.6 Å². The van der Waals surface area contributed by atoms with E-state index in [9.17, 15) is 0 Å². The highest BCUT2D eigenvalue weighted by Gasteiger charge is 2.14. The lowest BCUT2D eigenvalue weighted by Gasteiger charge is -2.23. The van der Waals surface area contributed by atoms with Gasteiger partial charge in [0.25, 0.3) is 0 Å². The van der Waals surface area contributed by atoms with Crippen LogP contribution in [-0.2, 0) is 0 Å². The standard InChI is InChI=1S/C13H17N3S2/c1-9-15-11-8-12(10(14)7-13(11)18-9)16-3-2-5-17-6-4-16/h7-8H,2-6,14H2,1H3. The molecule has 1 aromatic heterocycles. The molecule has 1 fully saturated rings. The van der Waals surface area contributed by atoms with Gasteiger partial charge in [-0.2, -0.15) is 11.8 Å². The molecular weight excluding hydrogens is 262 g/mol. The summed E-state index contributed by atoms with van der Waals surface area (Å²) in [5, 5.41) is 1.10. The van der Waals surface area contributed by atoms with Crippen LogP contribution in [0.2, 0.25) is 0 Å². The number of thiazole rings is 1. The lowest BCUT2D eigenvalue weighted by atomic mass is 10.2. The molecule has 18 heavy (non-hydrogen) atoms. The lowest BCUT2D eigenvalue weighted by molar-refractivity contribution is 0.818. The number of aromatic nitrogens is 1. The molecule has 1 saturated heterocycles. The predicted octanol–water partition coefficient (Wildman–Crippen LogP) is 3.13. The lowest BCUT2D eigenvalue weighted by Crippen LogP contribution is -2.26. The fraction of sp³-hybridized carbons (Fsp3) is 0.462. The van der Waals surface area contributed by atoms with Crippen molar-refractivity contribution in [2.24, 2.45) is 0 Å². The van der Waals surface area contributed by atoms with E-state index < -0.39 is 0 Å². The maximum absolute atomic E-state index is 6.21. The zero-order chi connectivity index (χ0) is 12.5. The third-order valence-corrected chi connectivity index (χ3v) is 5.19. The molecule has 2 aromatic rings. The van der Waals surface area contributed by atoms with Crippen molar-refractivity contribution < 1.29 is 0 Å². The van der Waals surface area contributed by atoms with Gasteiger partial charge in [0.15, 0.2) is 0 Å². The molecule has 0 amide bonds. The van der Waals surface area contributed by atoms with Crippen LogP contribution in [0.25, 0.3) is 10.2 Å². The number of nitrogens with two attached hydrogens (primary N) is 1. The first-order chi connectivity index (χ1) is 8.74. The van der Waals surface area contributed by atoms with Gasteiger partial charge in [0.1, 0.15) is 0 Å². The van der Waals surface area contributed by atoms with Crippen molar-refractivity contribution in [3.8, 4) is 0 Å².